The number of halogens is 1. The van der Waals surface area contributed by atoms with Crippen molar-refractivity contribution in [2.75, 3.05) is 0 Å². The van der Waals surface area contributed by atoms with Crippen LogP contribution in [0, 0.1) is 6.07 Å². The summed E-state index contributed by atoms with van der Waals surface area (Å²) in [5.74, 6) is 0. The van der Waals surface area contributed by atoms with Crippen molar-refractivity contribution < 1.29 is 0 Å². The lowest BCUT2D eigenvalue weighted by molar-refractivity contribution is 0.871. The third kappa shape index (κ3) is 2.38. The van der Waals surface area contributed by atoms with E-state index in [0.717, 1.165) is 16.1 Å². The minimum absolute atomic E-state index is 0.100. The molecule has 0 amide bonds. The summed E-state index contributed by atoms with van der Waals surface area (Å²) in [7, 11) is 0. The zero-order valence-electron chi connectivity index (χ0n) is 8.15. The summed E-state index contributed by atoms with van der Waals surface area (Å²) in [5, 5.41) is 0.729. The summed E-state index contributed by atoms with van der Waals surface area (Å²) in [4.78, 5) is 0. The summed E-state index contributed by atoms with van der Waals surface area (Å²) in [6.07, 6.45) is 0. The van der Waals surface area contributed by atoms with Gasteiger partial charge >= 0.3 is 0 Å². The zero-order valence-corrected chi connectivity index (χ0v) is 8.91. The molecule has 2 heteroatoms. The Hall–Kier alpha value is -1.31. The summed E-state index contributed by atoms with van der Waals surface area (Å²) < 4.78 is 0. The Labute approximate surface area is 94.5 Å². The molecular formula is C13H11ClN. The van der Waals surface area contributed by atoms with E-state index in [0.29, 0.717) is 0 Å². The molecule has 2 aromatic carbocycles. The van der Waals surface area contributed by atoms with Gasteiger partial charge in [0.05, 0.1) is 6.04 Å². The van der Waals surface area contributed by atoms with E-state index in [1.54, 1.807) is 0 Å². The van der Waals surface area contributed by atoms with Crippen LogP contribution in [-0.4, -0.2) is 0 Å². The number of benzene rings is 2. The van der Waals surface area contributed by atoms with E-state index in [-0.39, 0.29) is 6.04 Å². The first kappa shape index (κ1) is 10.2. The van der Waals surface area contributed by atoms with Gasteiger partial charge in [-0.2, -0.15) is 0 Å². The van der Waals surface area contributed by atoms with Crippen molar-refractivity contribution in [3.8, 4) is 0 Å². The quantitative estimate of drug-likeness (QED) is 0.820. The van der Waals surface area contributed by atoms with Gasteiger partial charge < -0.3 is 5.73 Å². The van der Waals surface area contributed by atoms with Crippen molar-refractivity contribution in [1.29, 1.82) is 0 Å². The highest BCUT2D eigenvalue weighted by Crippen LogP contribution is 2.20. The van der Waals surface area contributed by atoms with Gasteiger partial charge in [-0.25, -0.2) is 0 Å². The van der Waals surface area contributed by atoms with Gasteiger partial charge in [-0.05, 0) is 29.3 Å². The van der Waals surface area contributed by atoms with Crippen molar-refractivity contribution >= 4 is 11.6 Å². The lowest BCUT2D eigenvalue weighted by Crippen LogP contribution is -2.11. The van der Waals surface area contributed by atoms with Gasteiger partial charge in [0.2, 0.25) is 0 Å². The van der Waals surface area contributed by atoms with Gasteiger partial charge in [0, 0.05) is 5.02 Å². The molecule has 1 atom stereocenters. The largest absolute Gasteiger partial charge is 0.320 e. The normalized spacial score (nSPS) is 12.4. The predicted octanol–water partition coefficient (Wildman–Crippen LogP) is 3.19. The molecule has 1 nitrogen and oxygen atoms in total. The summed E-state index contributed by atoms with van der Waals surface area (Å²) in [6.45, 7) is 0. The molecule has 2 N–H and O–H groups in total. The maximum atomic E-state index is 6.11. The molecule has 0 bridgehead atoms. The van der Waals surface area contributed by atoms with Crippen molar-refractivity contribution in [2.24, 2.45) is 5.73 Å². The van der Waals surface area contributed by atoms with E-state index in [1.165, 1.54) is 0 Å². The average molecular weight is 217 g/mol. The van der Waals surface area contributed by atoms with Crippen molar-refractivity contribution in [2.45, 2.75) is 6.04 Å². The number of rotatable bonds is 2. The molecule has 0 saturated heterocycles. The van der Waals surface area contributed by atoms with E-state index in [2.05, 4.69) is 6.07 Å². The van der Waals surface area contributed by atoms with Crippen LogP contribution < -0.4 is 5.73 Å². The van der Waals surface area contributed by atoms with Gasteiger partial charge in [0.15, 0.2) is 0 Å². The molecule has 0 aliphatic carbocycles. The van der Waals surface area contributed by atoms with Crippen molar-refractivity contribution in [3.63, 3.8) is 0 Å². The minimum Gasteiger partial charge on any atom is -0.320 e. The molecule has 15 heavy (non-hydrogen) atoms. The smallest absolute Gasteiger partial charge is 0.0551 e. The maximum absolute atomic E-state index is 6.11. The highest BCUT2D eigenvalue weighted by Gasteiger charge is 2.07. The fourth-order valence-corrected chi connectivity index (χ4v) is 1.60. The Kier molecular flexibility index (Phi) is 3.05. The minimum atomic E-state index is -0.100. The third-order valence-electron chi connectivity index (χ3n) is 2.33. The molecule has 0 fully saturated rings. The SMILES string of the molecule is NC(c1cc[c]cc1)c1ccc(Cl)cc1. The van der Waals surface area contributed by atoms with Gasteiger partial charge in [-0.15, -0.1) is 0 Å². The van der Waals surface area contributed by atoms with Crippen LogP contribution in [0.25, 0.3) is 0 Å². The fraction of sp³-hybridized carbons (Fsp3) is 0.0769. The molecule has 1 radical (unpaired) electrons. The summed E-state index contributed by atoms with van der Waals surface area (Å²) in [6, 6.07) is 18.1. The van der Waals surface area contributed by atoms with Crippen LogP contribution in [0.5, 0.6) is 0 Å². The Morgan fingerprint density at radius 3 is 2.07 bits per heavy atom. The zero-order chi connectivity index (χ0) is 10.7. The van der Waals surface area contributed by atoms with E-state index in [4.69, 9.17) is 17.3 Å². The Morgan fingerprint density at radius 2 is 1.47 bits per heavy atom. The van der Waals surface area contributed by atoms with E-state index < -0.39 is 0 Å². The average Bonchev–Trinajstić information content (AvgIpc) is 2.30. The lowest BCUT2D eigenvalue weighted by atomic mass is 10.00. The lowest BCUT2D eigenvalue weighted by Gasteiger charge is -2.12. The molecule has 0 aromatic heterocycles. The molecule has 75 valence electrons. The van der Waals surface area contributed by atoms with Crippen LogP contribution in [0.4, 0.5) is 0 Å². The first-order valence-electron chi connectivity index (χ1n) is 4.74. The first-order chi connectivity index (χ1) is 7.27. The van der Waals surface area contributed by atoms with E-state index in [9.17, 15) is 0 Å². The predicted molar refractivity (Wildman–Crippen MR) is 62.8 cm³/mol. The Morgan fingerprint density at radius 1 is 0.933 bits per heavy atom. The van der Waals surface area contributed by atoms with E-state index in [1.807, 2.05) is 48.5 Å². The van der Waals surface area contributed by atoms with Gasteiger partial charge in [0.1, 0.15) is 0 Å². The summed E-state index contributed by atoms with van der Waals surface area (Å²) >= 11 is 5.82. The summed E-state index contributed by atoms with van der Waals surface area (Å²) in [5.41, 5.74) is 8.25. The Bertz CT molecular complexity index is 422. The second kappa shape index (κ2) is 4.47. The highest BCUT2D eigenvalue weighted by atomic mass is 35.5. The second-order valence-electron chi connectivity index (χ2n) is 3.36. The fourth-order valence-electron chi connectivity index (χ4n) is 1.47. The highest BCUT2D eigenvalue weighted by molar-refractivity contribution is 6.30. The van der Waals surface area contributed by atoms with Crippen LogP contribution in [0.1, 0.15) is 17.2 Å². The maximum Gasteiger partial charge on any atom is 0.0551 e. The topological polar surface area (TPSA) is 26.0 Å². The molecule has 0 spiro atoms. The molecule has 2 aromatic rings. The standard InChI is InChI=1S/C13H11ClN/c14-12-8-6-11(7-9-12)13(15)10-4-2-1-3-5-10/h2-9,13H,15H2. The van der Waals surface area contributed by atoms with E-state index >= 15 is 0 Å². The van der Waals surface area contributed by atoms with Crippen LogP contribution in [0.15, 0.2) is 48.5 Å². The number of nitrogens with two attached hydrogens (primary N) is 1. The molecule has 0 aliphatic rings. The van der Waals surface area contributed by atoms with Crippen molar-refractivity contribution in [1.82, 2.24) is 0 Å². The first-order valence-corrected chi connectivity index (χ1v) is 5.12. The van der Waals surface area contributed by atoms with Gasteiger partial charge in [-0.1, -0.05) is 48.0 Å². The van der Waals surface area contributed by atoms with Crippen LogP contribution in [0.3, 0.4) is 0 Å². The van der Waals surface area contributed by atoms with Gasteiger partial charge in [0.25, 0.3) is 0 Å². The molecular weight excluding hydrogens is 206 g/mol. The monoisotopic (exact) mass is 216 g/mol. The molecule has 1 unspecified atom stereocenters. The van der Waals surface area contributed by atoms with Crippen LogP contribution in [0.2, 0.25) is 5.02 Å². The molecule has 0 saturated carbocycles. The number of hydrogen-bond acceptors (Lipinski definition) is 1. The number of hydrogen-bond donors (Lipinski definition) is 1. The van der Waals surface area contributed by atoms with Crippen LogP contribution in [-0.2, 0) is 0 Å². The molecule has 2 rings (SSSR count). The third-order valence-corrected chi connectivity index (χ3v) is 2.58. The van der Waals surface area contributed by atoms with Crippen LogP contribution >= 0.6 is 11.6 Å². The molecule has 0 heterocycles. The second-order valence-corrected chi connectivity index (χ2v) is 3.80. The Balaban J connectivity index is 2.29. The van der Waals surface area contributed by atoms with Gasteiger partial charge in [-0.3, -0.25) is 0 Å². The molecule has 0 aliphatic heterocycles. The van der Waals surface area contributed by atoms with Crippen molar-refractivity contribution in [3.05, 3.63) is 70.7 Å².